The predicted octanol–water partition coefficient (Wildman–Crippen LogP) is 2.67. The van der Waals surface area contributed by atoms with E-state index in [0.29, 0.717) is 43.1 Å². The molecular weight excluding hydrogens is 548 g/mol. The van der Waals surface area contributed by atoms with E-state index in [1.165, 1.54) is 0 Å². The molecule has 36 heavy (non-hydrogen) atoms. The van der Waals surface area contributed by atoms with Crippen LogP contribution in [-0.4, -0.2) is 50.0 Å². The number of hydrogen-bond donors (Lipinski definition) is 3. The standard InChI is InChI=1S/C24H34N6O3S2.Cu/c1-4-33-14-13-20(28-30-24(35)26-16-19-7-11-22(32-3)12-8-19)17-27-29-23(34)25-15-18-5-9-21(31-2)10-6-18;/h5-12,17,20,28H,4,13-16H2,1-3H3,(H2,25,29,34)(H2,26,30,35);/q;+2/p-2. The molecule has 0 amide bonds. The van der Waals surface area contributed by atoms with Gasteiger partial charge in [0.15, 0.2) is 0 Å². The molecule has 2 aromatic carbocycles. The van der Waals surface area contributed by atoms with Crippen LogP contribution < -0.4 is 25.8 Å². The van der Waals surface area contributed by atoms with Gasteiger partial charge in [0.1, 0.15) is 11.5 Å². The molecule has 199 valence electrons. The molecule has 0 saturated carbocycles. The molecule has 1 unspecified atom stereocenters. The molecule has 0 aliphatic rings. The van der Waals surface area contributed by atoms with Gasteiger partial charge in [0.25, 0.3) is 0 Å². The van der Waals surface area contributed by atoms with Gasteiger partial charge >= 0.3 is 17.1 Å². The fourth-order valence-corrected chi connectivity index (χ4v) is 2.98. The Hall–Kier alpha value is -2.47. The smallest absolute Gasteiger partial charge is 0.742 e. The zero-order valence-electron chi connectivity index (χ0n) is 20.5. The Morgan fingerprint density at radius 1 is 0.889 bits per heavy atom. The minimum Gasteiger partial charge on any atom is -0.742 e. The van der Waals surface area contributed by atoms with Gasteiger partial charge in [-0.2, -0.15) is 5.10 Å². The van der Waals surface area contributed by atoms with Crippen molar-refractivity contribution in [3.63, 3.8) is 0 Å². The van der Waals surface area contributed by atoms with Crippen LogP contribution in [0.1, 0.15) is 24.5 Å². The van der Waals surface area contributed by atoms with Gasteiger partial charge < -0.3 is 44.9 Å². The van der Waals surface area contributed by atoms with E-state index in [1.54, 1.807) is 20.4 Å². The second kappa shape index (κ2) is 18.7. The fourth-order valence-electron chi connectivity index (χ4n) is 2.74. The number of methoxy groups -OCH3 is 2. The number of benzene rings is 2. The summed E-state index contributed by atoms with van der Waals surface area (Å²) in [6.45, 7) is 4.05. The molecule has 0 spiro atoms. The van der Waals surface area contributed by atoms with Crippen molar-refractivity contribution in [2.45, 2.75) is 32.5 Å². The number of nitrogens with zero attached hydrogens (tertiary/aromatic N) is 3. The van der Waals surface area contributed by atoms with Crippen molar-refractivity contribution in [1.29, 1.82) is 0 Å². The Bertz CT molecular complexity index is 959. The third-order valence-electron chi connectivity index (χ3n) is 4.69. The second-order valence-corrected chi connectivity index (χ2v) is 7.96. The van der Waals surface area contributed by atoms with Crippen LogP contribution in [-0.2, 0) is 60.2 Å². The Morgan fingerprint density at radius 2 is 1.42 bits per heavy atom. The summed E-state index contributed by atoms with van der Waals surface area (Å²) in [5.41, 5.74) is 10.9. The topological polar surface area (TPSA) is 101 Å². The first-order valence-electron chi connectivity index (χ1n) is 11.1. The van der Waals surface area contributed by atoms with E-state index in [2.05, 4.69) is 31.4 Å². The average molecular weight is 580 g/mol. The van der Waals surface area contributed by atoms with Crippen molar-refractivity contribution in [1.82, 2.24) is 16.3 Å². The quantitative estimate of drug-likeness (QED) is 0.0784. The SMILES string of the molecule is CCOCCC(C=NNC([S-])=NCc1ccc(OC)cc1)NNC([S-])=NCc1ccc(OC)cc1.[Cu+2]. The summed E-state index contributed by atoms with van der Waals surface area (Å²) in [4.78, 5) is 8.69. The van der Waals surface area contributed by atoms with Gasteiger partial charge in [0.05, 0.1) is 33.4 Å². The zero-order valence-corrected chi connectivity index (χ0v) is 23.1. The van der Waals surface area contributed by atoms with Crippen molar-refractivity contribution in [3.8, 4) is 11.5 Å². The molecule has 3 N–H and O–H groups in total. The first kappa shape index (κ1) is 31.6. The van der Waals surface area contributed by atoms with Crippen molar-refractivity contribution in [2.24, 2.45) is 15.1 Å². The number of hydrogen-bond acceptors (Lipinski definition) is 9. The van der Waals surface area contributed by atoms with Crippen molar-refractivity contribution in [2.75, 3.05) is 27.4 Å². The molecule has 0 heterocycles. The maximum atomic E-state index is 5.46. The number of ether oxygens (including phenoxy) is 3. The molecule has 0 fully saturated rings. The van der Waals surface area contributed by atoms with Gasteiger partial charge in [-0.3, -0.25) is 15.4 Å². The third kappa shape index (κ3) is 13.0. The summed E-state index contributed by atoms with van der Waals surface area (Å²) >= 11 is 10.5. The van der Waals surface area contributed by atoms with Crippen LogP contribution in [0, 0.1) is 0 Å². The second-order valence-electron chi connectivity index (χ2n) is 7.19. The number of nitrogens with one attached hydrogen (secondary N) is 3. The van der Waals surface area contributed by atoms with Gasteiger partial charge in [0, 0.05) is 19.4 Å². The molecule has 0 saturated heterocycles. The minimum atomic E-state index is -0.174. The zero-order chi connectivity index (χ0) is 25.3. The van der Waals surface area contributed by atoms with Gasteiger partial charge in [-0.05, 0) is 59.1 Å². The van der Waals surface area contributed by atoms with Crippen molar-refractivity contribution >= 4 is 41.8 Å². The van der Waals surface area contributed by atoms with Crippen LogP contribution in [0.15, 0.2) is 63.6 Å². The molecule has 0 aromatic heterocycles. The summed E-state index contributed by atoms with van der Waals surface area (Å²) in [5, 5.41) is 4.84. The van der Waals surface area contributed by atoms with E-state index in [1.807, 2.05) is 55.5 Å². The van der Waals surface area contributed by atoms with Crippen molar-refractivity contribution < 1.29 is 31.3 Å². The van der Waals surface area contributed by atoms with Gasteiger partial charge in [-0.1, -0.05) is 24.3 Å². The molecule has 0 aliphatic carbocycles. The normalized spacial score (nSPS) is 12.6. The first-order chi connectivity index (χ1) is 17.0. The van der Waals surface area contributed by atoms with E-state index < -0.39 is 0 Å². The molecule has 2 rings (SSSR count). The Kier molecular flexibility index (Phi) is 16.4. The molecule has 1 radical (unpaired) electrons. The van der Waals surface area contributed by atoms with E-state index in [9.17, 15) is 0 Å². The van der Waals surface area contributed by atoms with E-state index in [0.717, 1.165) is 22.6 Å². The molecule has 0 aliphatic heterocycles. The average Bonchev–Trinajstić information content (AvgIpc) is 2.89. The molecular formula is C24H32CuN6O3S2. The van der Waals surface area contributed by atoms with E-state index in [4.69, 9.17) is 39.5 Å². The number of amidine groups is 2. The summed E-state index contributed by atoms with van der Waals surface area (Å²) in [5.74, 6) is 1.60. The number of rotatable bonds is 14. The molecule has 0 bridgehead atoms. The summed E-state index contributed by atoms with van der Waals surface area (Å²) in [6, 6.07) is 15.2. The van der Waals surface area contributed by atoms with Crippen molar-refractivity contribution in [3.05, 3.63) is 59.7 Å². The monoisotopic (exact) mass is 579 g/mol. The number of hydrazine groups is 1. The van der Waals surface area contributed by atoms with E-state index in [-0.39, 0.29) is 23.1 Å². The largest absolute Gasteiger partial charge is 2.00 e. The minimum absolute atomic E-state index is 0. The van der Waals surface area contributed by atoms with Crippen LogP contribution in [0.2, 0.25) is 0 Å². The number of hydrazone groups is 1. The number of aliphatic imine (C=N–C) groups is 2. The van der Waals surface area contributed by atoms with Crippen LogP contribution in [0.3, 0.4) is 0 Å². The summed E-state index contributed by atoms with van der Waals surface area (Å²) < 4.78 is 15.8. The third-order valence-corrected chi connectivity index (χ3v) is 5.14. The van der Waals surface area contributed by atoms with Gasteiger partial charge in [-0.15, -0.1) is 0 Å². The van der Waals surface area contributed by atoms with Gasteiger partial charge in [-0.25, -0.2) is 5.43 Å². The Labute approximate surface area is 234 Å². The maximum absolute atomic E-state index is 5.46. The molecule has 2 aromatic rings. The molecule has 9 nitrogen and oxygen atoms in total. The Balaban J connectivity index is 0.00000648. The van der Waals surface area contributed by atoms with Crippen LogP contribution in [0.4, 0.5) is 0 Å². The Morgan fingerprint density at radius 3 is 1.92 bits per heavy atom. The maximum Gasteiger partial charge on any atom is 2.00 e. The summed E-state index contributed by atoms with van der Waals surface area (Å²) in [6.07, 6.45) is 2.36. The molecule has 1 atom stereocenters. The molecule has 12 heteroatoms. The fraction of sp³-hybridized carbons (Fsp3) is 0.375. The van der Waals surface area contributed by atoms with E-state index >= 15 is 0 Å². The predicted molar refractivity (Wildman–Crippen MR) is 146 cm³/mol. The van der Waals surface area contributed by atoms with Crippen LogP contribution in [0.25, 0.3) is 0 Å². The van der Waals surface area contributed by atoms with Crippen LogP contribution in [0.5, 0.6) is 11.5 Å². The first-order valence-corrected chi connectivity index (χ1v) is 11.9. The van der Waals surface area contributed by atoms with Gasteiger partial charge in [0.2, 0.25) is 0 Å². The van der Waals surface area contributed by atoms with Crippen LogP contribution >= 0.6 is 0 Å². The summed E-state index contributed by atoms with van der Waals surface area (Å²) in [7, 11) is 3.27.